The number of thiazole rings is 1. The number of sulfone groups is 1. The molecule has 1 saturated heterocycles. The average Bonchev–Trinajstić information content (AvgIpc) is 3.44. The summed E-state index contributed by atoms with van der Waals surface area (Å²) in [5.41, 5.74) is 3.02. The summed E-state index contributed by atoms with van der Waals surface area (Å²) in [4.78, 5) is 19.9. The lowest BCUT2D eigenvalue weighted by molar-refractivity contribution is -0.131. The molecule has 3 heterocycles. The van der Waals surface area contributed by atoms with Gasteiger partial charge in [0.1, 0.15) is 5.01 Å². The van der Waals surface area contributed by atoms with Crippen LogP contribution in [-0.2, 0) is 19.4 Å². The van der Waals surface area contributed by atoms with E-state index in [-0.39, 0.29) is 11.2 Å². The normalized spacial score (nSPS) is 18.2. The van der Waals surface area contributed by atoms with Crippen LogP contribution < -0.4 is 0 Å². The molecule has 1 atom stereocenters. The lowest BCUT2D eigenvalue weighted by Crippen LogP contribution is -2.19. The number of H-pyrrole nitrogens is 1. The van der Waals surface area contributed by atoms with E-state index in [4.69, 9.17) is 9.84 Å². The highest BCUT2D eigenvalue weighted by atomic mass is 32.2. The average molecular weight is 513 g/mol. The number of carbonyl (C=O) groups is 1. The van der Waals surface area contributed by atoms with Gasteiger partial charge in [-0.05, 0) is 73.9 Å². The highest BCUT2D eigenvalue weighted by Gasteiger charge is 2.37. The van der Waals surface area contributed by atoms with Crippen LogP contribution >= 0.6 is 11.3 Å². The van der Waals surface area contributed by atoms with Gasteiger partial charge in [0.15, 0.2) is 9.84 Å². The van der Waals surface area contributed by atoms with Crippen molar-refractivity contribution in [2.75, 3.05) is 13.2 Å². The Morgan fingerprint density at radius 1 is 1.14 bits per heavy atom. The number of aromatic nitrogens is 2. The van der Waals surface area contributed by atoms with Crippen molar-refractivity contribution < 1.29 is 23.1 Å². The van der Waals surface area contributed by atoms with Crippen LogP contribution in [-0.4, -0.2) is 47.9 Å². The second kappa shape index (κ2) is 10.1. The molecular formula is C26H28N2O5S2. The summed E-state index contributed by atoms with van der Waals surface area (Å²) in [7, 11) is -3.21. The molecular weight excluding hydrogens is 484 g/mol. The van der Waals surface area contributed by atoms with Crippen LogP contribution in [0.25, 0.3) is 16.8 Å². The molecule has 0 amide bonds. The Hall–Kier alpha value is -2.75. The number of nitrogens with one attached hydrogen (secondary N) is 1. The fourth-order valence-corrected chi connectivity index (χ4v) is 7.06. The van der Waals surface area contributed by atoms with E-state index in [1.807, 2.05) is 18.2 Å². The van der Waals surface area contributed by atoms with Gasteiger partial charge >= 0.3 is 5.97 Å². The molecule has 35 heavy (non-hydrogen) atoms. The molecule has 5 rings (SSSR count). The molecule has 2 aliphatic rings. The van der Waals surface area contributed by atoms with Gasteiger partial charge in [0, 0.05) is 42.0 Å². The Labute approximate surface area is 208 Å². The van der Waals surface area contributed by atoms with Crippen LogP contribution in [0, 0.1) is 5.92 Å². The van der Waals surface area contributed by atoms with Crippen molar-refractivity contribution in [3.8, 4) is 10.7 Å². The monoisotopic (exact) mass is 512 g/mol. The number of hydrogen-bond acceptors (Lipinski definition) is 6. The molecule has 1 aliphatic carbocycles. The predicted octanol–water partition coefficient (Wildman–Crippen LogP) is 5.12. The Bertz CT molecular complexity index is 1310. The van der Waals surface area contributed by atoms with Gasteiger partial charge in [-0.2, -0.15) is 0 Å². The maximum Gasteiger partial charge on any atom is 0.328 e. The van der Waals surface area contributed by atoms with Gasteiger partial charge in [-0.15, -0.1) is 11.3 Å². The van der Waals surface area contributed by atoms with Crippen LogP contribution in [0.1, 0.15) is 54.2 Å². The van der Waals surface area contributed by atoms with Gasteiger partial charge in [-0.1, -0.05) is 12.1 Å². The van der Waals surface area contributed by atoms with Crippen LogP contribution in [0.3, 0.4) is 0 Å². The maximum atomic E-state index is 12.6. The van der Waals surface area contributed by atoms with Gasteiger partial charge in [-0.25, -0.2) is 18.2 Å². The molecule has 2 fully saturated rings. The summed E-state index contributed by atoms with van der Waals surface area (Å²) in [5.74, 6) is -0.368. The van der Waals surface area contributed by atoms with E-state index >= 15 is 0 Å². The number of aromatic amines is 1. The van der Waals surface area contributed by atoms with E-state index in [2.05, 4.69) is 16.0 Å². The van der Waals surface area contributed by atoms with E-state index in [0.29, 0.717) is 10.8 Å². The molecule has 0 bridgehead atoms. The Morgan fingerprint density at radius 2 is 1.89 bits per heavy atom. The zero-order valence-electron chi connectivity index (χ0n) is 19.2. The van der Waals surface area contributed by atoms with Gasteiger partial charge in [0.2, 0.25) is 0 Å². The zero-order valence-corrected chi connectivity index (χ0v) is 20.9. The lowest BCUT2D eigenvalue weighted by Gasteiger charge is -2.27. The van der Waals surface area contributed by atoms with Gasteiger partial charge in [-0.3, -0.25) is 0 Å². The predicted molar refractivity (Wildman–Crippen MR) is 135 cm³/mol. The van der Waals surface area contributed by atoms with Crippen molar-refractivity contribution in [2.24, 2.45) is 5.92 Å². The number of benzene rings is 1. The highest BCUT2D eigenvalue weighted by Crippen LogP contribution is 2.38. The van der Waals surface area contributed by atoms with Crippen molar-refractivity contribution in [1.29, 1.82) is 0 Å². The van der Waals surface area contributed by atoms with Crippen molar-refractivity contribution in [3.63, 3.8) is 0 Å². The van der Waals surface area contributed by atoms with Gasteiger partial charge in [0.25, 0.3) is 0 Å². The van der Waals surface area contributed by atoms with E-state index in [1.54, 1.807) is 24.4 Å². The molecule has 0 radical (unpaired) electrons. The molecule has 1 aliphatic heterocycles. The Kier molecular flexibility index (Phi) is 6.91. The standard InChI is InChI=1S/C26H28N2O5S2/c29-25(30)10-3-19-16-27-26(34-19)24-9-8-23(28-24)22(15-17-11-13-33-14-12-17)18-1-4-20(5-2-18)35(31,32)21-6-7-21/h1-5,8-10,16-17,21-22,28H,6-7,11-15H2,(H,29,30)/b10-3+. The maximum absolute atomic E-state index is 12.6. The quantitative estimate of drug-likeness (QED) is 0.385. The molecule has 9 heteroatoms. The molecule has 184 valence electrons. The first-order valence-electron chi connectivity index (χ1n) is 11.9. The Morgan fingerprint density at radius 3 is 2.57 bits per heavy atom. The summed E-state index contributed by atoms with van der Waals surface area (Å²) in [6.45, 7) is 1.55. The summed E-state index contributed by atoms with van der Waals surface area (Å²) >= 11 is 1.42. The first-order valence-corrected chi connectivity index (χ1v) is 14.2. The Balaban J connectivity index is 1.42. The van der Waals surface area contributed by atoms with Gasteiger partial charge < -0.3 is 14.8 Å². The fraction of sp³-hybridized carbons (Fsp3) is 0.385. The van der Waals surface area contributed by atoms with Crippen molar-refractivity contribution in [3.05, 3.63) is 64.8 Å². The molecule has 2 N–H and O–H groups in total. The molecule has 2 aromatic heterocycles. The summed E-state index contributed by atoms with van der Waals surface area (Å²) in [5, 5.41) is 9.42. The minimum atomic E-state index is -3.21. The number of carboxylic acid groups (broad SMARTS) is 1. The van der Waals surface area contributed by atoms with E-state index in [9.17, 15) is 13.2 Å². The molecule has 0 spiro atoms. The number of ether oxygens (including phenoxy) is 1. The third kappa shape index (κ3) is 5.58. The third-order valence-corrected chi connectivity index (χ3v) is 9.99. The second-order valence-corrected chi connectivity index (χ2v) is 12.5. The van der Waals surface area contributed by atoms with E-state index in [1.165, 1.54) is 11.3 Å². The first-order chi connectivity index (χ1) is 16.9. The van der Waals surface area contributed by atoms with Crippen LogP contribution in [0.2, 0.25) is 0 Å². The van der Waals surface area contributed by atoms with Gasteiger partial charge in [0.05, 0.1) is 15.8 Å². The lowest BCUT2D eigenvalue weighted by atomic mass is 9.83. The number of aliphatic carboxylic acids is 1. The summed E-state index contributed by atoms with van der Waals surface area (Å²) in [6.07, 6.45) is 8.81. The number of hydrogen-bond donors (Lipinski definition) is 2. The fourth-order valence-electron chi connectivity index (χ4n) is 4.60. The second-order valence-electron chi connectivity index (χ2n) is 9.22. The van der Waals surface area contributed by atoms with Crippen LogP contribution in [0.4, 0.5) is 0 Å². The number of carboxylic acids is 1. The third-order valence-electron chi connectivity index (χ3n) is 6.71. The van der Waals surface area contributed by atoms with Crippen LogP contribution in [0.15, 0.2) is 53.6 Å². The first kappa shape index (κ1) is 24.0. The number of nitrogens with zero attached hydrogens (tertiary/aromatic N) is 1. The zero-order chi connectivity index (χ0) is 24.4. The van der Waals surface area contributed by atoms with Crippen LogP contribution in [0.5, 0.6) is 0 Å². The minimum Gasteiger partial charge on any atom is -0.478 e. The van der Waals surface area contributed by atoms with E-state index in [0.717, 1.165) is 78.2 Å². The molecule has 7 nitrogen and oxygen atoms in total. The van der Waals surface area contributed by atoms with Crippen molar-refractivity contribution in [1.82, 2.24) is 9.97 Å². The molecule has 1 aromatic carbocycles. The minimum absolute atomic E-state index is 0.0934. The molecule has 1 unspecified atom stereocenters. The molecule has 3 aromatic rings. The highest BCUT2D eigenvalue weighted by molar-refractivity contribution is 7.92. The topological polar surface area (TPSA) is 109 Å². The smallest absolute Gasteiger partial charge is 0.328 e. The van der Waals surface area contributed by atoms with E-state index < -0.39 is 15.8 Å². The largest absolute Gasteiger partial charge is 0.478 e. The SMILES string of the molecule is O=C(O)/C=C/c1cnc(-c2ccc(C(CC3CCOCC3)c3ccc(S(=O)(=O)C4CC4)cc3)[nH]2)s1. The summed E-state index contributed by atoms with van der Waals surface area (Å²) in [6, 6.07) is 11.5. The van der Waals surface area contributed by atoms with Crippen molar-refractivity contribution in [2.45, 2.75) is 48.2 Å². The number of rotatable bonds is 9. The van der Waals surface area contributed by atoms with Crippen molar-refractivity contribution >= 4 is 33.2 Å². The molecule has 1 saturated carbocycles. The summed E-state index contributed by atoms with van der Waals surface area (Å²) < 4.78 is 30.8.